The molecule has 0 saturated carbocycles. The second kappa shape index (κ2) is 5.48. The van der Waals surface area contributed by atoms with Crippen molar-refractivity contribution in [2.75, 3.05) is 0 Å². The van der Waals surface area contributed by atoms with E-state index in [1.54, 1.807) is 0 Å². The van der Waals surface area contributed by atoms with E-state index in [0.717, 1.165) is 6.07 Å². The summed E-state index contributed by atoms with van der Waals surface area (Å²) in [4.78, 5) is 4.11. The van der Waals surface area contributed by atoms with Crippen molar-refractivity contribution >= 4 is 0 Å². The second-order valence-corrected chi connectivity index (χ2v) is 4.25. The first-order valence-electron chi connectivity index (χ1n) is 5.75. The lowest BCUT2D eigenvalue weighted by Gasteiger charge is -2.04. The van der Waals surface area contributed by atoms with E-state index in [2.05, 4.69) is 10.1 Å². The van der Waals surface area contributed by atoms with Crippen molar-refractivity contribution < 1.29 is 13.7 Å². The monoisotopic (exact) mass is 261 g/mol. The fraction of sp³-hybridized carbons (Fsp3) is 0.308. The Morgan fingerprint density at radius 3 is 2.84 bits per heavy atom. The second-order valence-electron chi connectivity index (χ2n) is 4.25. The molecule has 0 bridgehead atoms. The molecule has 0 aliphatic heterocycles. The summed E-state index contributed by atoms with van der Waals surface area (Å²) in [5, 5.41) is 12.4. The van der Waals surface area contributed by atoms with Crippen molar-refractivity contribution in [2.24, 2.45) is 0 Å². The number of nitriles is 1. The summed E-state index contributed by atoms with van der Waals surface area (Å²) in [6.45, 7) is 3.87. The normalized spacial score (nSPS) is 10.5. The van der Waals surface area contributed by atoms with Gasteiger partial charge in [0.25, 0.3) is 0 Å². The Morgan fingerprint density at radius 1 is 1.47 bits per heavy atom. The number of benzene rings is 1. The summed E-state index contributed by atoms with van der Waals surface area (Å²) in [5.41, 5.74) is 0.242. The van der Waals surface area contributed by atoms with E-state index in [0.29, 0.717) is 11.7 Å². The molecule has 5 nitrogen and oxygen atoms in total. The largest absolute Gasteiger partial charge is 0.482 e. The van der Waals surface area contributed by atoms with Gasteiger partial charge in [-0.05, 0) is 18.2 Å². The molecular weight excluding hydrogens is 249 g/mol. The Bertz CT molecular complexity index is 617. The molecular formula is C13H12FN3O2. The molecule has 1 heterocycles. The van der Waals surface area contributed by atoms with Gasteiger partial charge in [-0.1, -0.05) is 19.0 Å². The van der Waals surface area contributed by atoms with Gasteiger partial charge in [0.1, 0.15) is 0 Å². The van der Waals surface area contributed by atoms with Gasteiger partial charge in [0.2, 0.25) is 11.7 Å². The van der Waals surface area contributed by atoms with Gasteiger partial charge in [-0.25, -0.2) is 4.39 Å². The van der Waals surface area contributed by atoms with Crippen molar-refractivity contribution in [2.45, 2.75) is 26.4 Å². The van der Waals surface area contributed by atoms with Crippen molar-refractivity contribution in [1.82, 2.24) is 10.1 Å². The summed E-state index contributed by atoms with van der Waals surface area (Å²) in [5.74, 6) is 0.459. The third kappa shape index (κ3) is 3.07. The molecule has 0 unspecified atom stereocenters. The summed E-state index contributed by atoms with van der Waals surface area (Å²) in [7, 11) is 0. The van der Waals surface area contributed by atoms with Crippen LogP contribution in [-0.4, -0.2) is 10.1 Å². The smallest absolute Gasteiger partial charge is 0.229 e. The maximum Gasteiger partial charge on any atom is 0.229 e. The van der Waals surface area contributed by atoms with Crippen LogP contribution >= 0.6 is 0 Å². The molecule has 0 fully saturated rings. The zero-order valence-electron chi connectivity index (χ0n) is 10.6. The van der Waals surface area contributed by atoms with Crippen molar-refractivity contribution in [1.29, 1.82) is 5.26 Å². The van der Waals surface area contributed by atoms with Crippen LogP contribution in [0.15, 0.2) is 22.7 Å². The van der Waals surface area contributed by atoms with Crippen LogP contribution in [-0.2, 0) is 6.61 Å². The van der Waals surface area contributed by atoms with E-state index in [9.17, 15) is 4.39 Å². The molecule has 0 aliphatic carbocycles. The highest BCUT2D eigenvalue weighted by molar-refractivity contribution is 5.35. The molecule has 0 aliphatic rings. The summed E-state index contributed by atoms with van der Waals surface area (Å²) in [6, 6.07) is 5.85. The fourth-order valence-corrected chi connectivity index (χ4v) is 1.39. The first-order valence-corrected chi connectivity index (χ1v) is 5.75. The van der Waals surface area contributed by atoms with E-state index in [1.807, 2.05) is 19.9 Å². The van der Waals surface area contributed by atoms with Crippen LogP contribution in [0.4, 0.5) is 4.39 Å². The molecule has 0 amide bonds. The molecule has 0 atom stereocenters. The van der Waals surface area contributed by atoms with Crippen LogP contribution in [0, 0.1) is 17.1 Å². The van der Waals surface area contributed by atoms with Crippen LogP contribution in [0.25, 0.3) is 0 Å². The molecule has 2 rings (SSSR count). The highest BCUT2D eigenvalue weighted by Crippen LogP contribution is 2.19. The first kappa shape index (κ1) is 13.0. The van der Waals surface area contributed by atoms with Crippen LogP contribution in [0.5, 0.6) is 5.75 Å². The highest BCUT2D eigenvalue weighted by Gasteiger charge is 2.11. The number of aromatic nitrogens is 2. The van der Waals surface area contributed by atoms with Gasteiger partial charge in [0, 0.05) is 5.92 Å². The third-order valence-electron chi connectivity index (χ3n) is 2.40. The molecule has 0 N–H and O–H groups in total. The highest BCUT2D eigenvalue weighted by atomic mass is 19.1. The van der Waals surface area contributed by atoms with E-state index in [-0.39, 0.29) is 23.8 Å². The van der Waals surface area contributed by atoms with Crippen LogP contribution in [0.3, 0.4) is 0 Å². The molecule has 0 saturated heterocycles. The topological polar surface area (TPSA) is 71.9 Å². The Balaban J connectivity index is 2.04. The molecule has 0 spiro atoms. The number of halogens is 1. The SMILES string of the molecule is CC(C)c1nc(COc2ccc(C#N)cc2F)no1. The lowest BCUT2D eigenvalue weighted by molar-refractivity contribution is 0.272. The molecule has 1 aromatic heterocycles. The summed E-state index contributed by atoms with van der Waals surface area (Å²) in [6.07, 6.45) is 0. The summed E-state index contributed by atoms with van der Waals surface area (Å²) < 4.78 is 23.8. The maximum atomic E-state index is 13.5. The molecule has 98 valence electrons. The van der Waals surface area contributed by atoms with E-state index in [1.165, 1.54) is 12.1 Å². The maximum absolute atomic E-state index is 13.5. The number of hydrogen-bond acceptors (Lipinski definition) is 5. The Kier molecular flexibility index (Phi) is 3.76. The predicted octanol–water partition coefficient (Wildman–Crippen LogP) is 2.78. The number of rotatable bonds is 4. The van der Waals surface area contributed by atoms with Crippen molar-refractivity contribution in [3.05, 3.63) is 41.3 Å². The molecule has 1 aromatic carbocycles. The fourth-order valence-electron chi connectivity index (χ4n) is 1.39. The number of nitrogens with zero attached hydrogens (tertiary/aromatic N) is 3. The van der Waals surface area contributed by atoms with E-state index in [4.69, 9.17) is 14.5 Å². The molecule has 0 radical (unpaired) electrons. The van der Waals surface area contributed by atoms with Gasteiger partial charge in [-0.3, -0.25) is 0 Å². The van der Waals surface area contributed by atoms with E-state index >= 15 is 0 Å². The van der Waals surface area contributed by atoms with Gasteiger partial charge >= 0.3 is 0 Å². The quantitative estimate of drug-likeness (QED) is 0.846. The predicted molar refractivity (Wildman–Crippen MR) is 63.8 cm³/mol. The van der Waals surface area contributed by atoms with Crippen LogP contribution in [0.2, 0.25) is 0 Å². The average Bonchev–Trinajstić information content (AvgIpc) is 2.86. The zero-order valence-corrected chi connectivity index (χ0v) is 10.6. The minimum atomic E-state index is -0.591. The minimum absolute atomic E-state index is 0.0129. The third-order valence-corrected chi connectivity index (χ3v) is 2.40. The molecule has 2 aromatic rings. The van der Waals surface area contributed by atoms with Crippen LogP contribution in [0.1, 0.15) is 37.0 Å². The Morgan fingerprint density at radius 2 is 2.26 bits per heavy atom. The van der Waals surface area contributed by atoms with Crippen molar-refractivity contribution in [3.8, 4) is 11.8 Å². The minimum Gasteiger partial charge on any atom is -0.482 e. The van der Waals surface area contributed by atoms with Gasteiger partial charge in [0.05, 0.1) is 11.6 Å². The van der Waals surface area contributed by atoms with Gasteiger partial charge in [0.15, 0.2) is 18.2 Å². The van der Waals surface area contributed by atoms with E-state index < -0.39 is 5.82 Å². The first-order chi connectivity index (χ1) is 9.10. The zero-order chi connectivity index (χ0) is 13.8. The van der Waals surface area contributed by atoms with Crippen LogP contribution < -0.4 is 4.74 Å². The average molecular weight is 261 g/mol. The number of hydrogen-bond donors (Lipinski definition) is 0. The van der Waals surface area contributed by atoms with Gasteiger partial charge in [-0.15, -0.1) is 0 Å². The molecule has 6 heteroatoms. The Hall–Kier alpha value is -2.42. The number of ether oxygens (including phenoxy) is 1. The van der Waals surface area contributed by atoms with Gasteiger partial charge in [-0.2, -0.15) is 10.2 Å². The lowest BCUT2D eigenvalue weighted by Crippen LogP contribution is -2.00. The summed E-state index contributed by atoms with van der Waals surface area (Å²) >= 11 is 0. The van der Waals surface area contributed by atoms with Crippen molar-refractivity contribution in [3.63, 3.8) is 0 Å². The molecule has 19 heavy (non-hydrogen) atoms. The van der Waals surface area contributed by atoms with Gasteiger partial charge < -0.3 is 9.26 Å². The lowest BCUT2D eigenvalue weighted by atomic mass is 10.2. The standard InChI is InChI=1S/C13H12FN3O2/c1-8(2)13-16-12(17-19-13)7-18-11-4-3-9(6-15)5-10(11)14/h3-5,8H,7H2,1-2H3. The Labute approximate surface area is 109 Å².